The summed E-state index contributed by atoms with van der Waals surface area (Å²) in [7, 11) is 5.65. The van der Waals surface area contributed by atoms with Gasteiger partial charge < -0.3 is 19.9 Å². The van der Waals surface area contributed by atoms with Crippen molar-refractivity contribution in [1.29, 1.82) is 0 Å². The van der Waals surface area contributed by atoms with Crippen LogP contribution in [0, 0.1) is 5.92 Å². The molecule has 6 nitrogen and oxygen atoms in total. The number of methoxy groups -OCH3 is 1. The first-order valence-corrected chi connectivity index (χ1v) is 12.4. The van der Waals surface area contributed by atoms with Gasteiger partial charge in [0.1, 0.15) is 0 Å². The maximum absolute atomic E-state index is 13.7. The number of nitrogens with zero attached hydrogens (tertiary/aromatic N) is 2. The Bertz CT molecular complexity index is 939. The van der Waals surface area contributed by atoms with Crippen LogP contribution in [0.15, 0.2) is 48.5 Å². The lowest BCUT2D eigenvalue weighted by atomic mass is 9.94. The van der Waals surface area contributed by atoms with Crippen LogP contribution in [0.1, 0.15) is 56.1 Å². The molecular formula is C28H39N3O3. The molecule has 0 spiro atoms. The van der Waals surface area contributed by atoms with E-state index >= 15 is 0 Å². The standard InChI is InChI=1S/C28H39N3O3/c1-5-25(21-11-7-6-8-12-21)28(33)31(17-18-34-4)20-23-19-24(15-16-26(23)30(2)3)29-27(32)22-13-9-10-14-22/h6-8,11-12,15-16,19,22,25H,5,9-10,13-14,17-18,20H2,1-4H3,(H,29,32)/t25-/m0/s1. The predicted octanol–water partition coefficient (Wildman–Crippen LogP) is 5.05. The second-order valence-electron chi connectivity index (χ2n) is 9.33. The van der Waals surface area contributed by atoms with Crippen molar-refractivity contribution in [3.05, 3.63) is 59.7 Å². The smallest absolute Gasteiger partial charge is 0.230 e. The molecule has 2 aromatic carbocycles. The van der Waals surface area contributed by atoms with Crippen LogP contribution in [0.25, 0.3) is 0 Å². The third kappa shape index (κ3) is 6.60. The van der Waals surface area contributed by atoms with E-state index in [2.05, 4.69) is 12.2 Å². The molecule has 0 aliphatic heterocycles. The van der Waals surface area contributed by atoms with Gasteiger partial charge in [0, 0.05) is 51.6 Å². The average Bonchev–Trinajstić information content (AvgIpc) is 3.38. The Hall–Kier alpha value is -2.86. The van der Waals surface area contributed by atoms with E-state index in [1.165, 1.54) is 0 Å². The summed E-state index contributed by atoms with van der Waals surface area (Å²) in [5.41, 5.74) is 3.85. The van der Waals surface area contributed by atoms with Crippen LogP contribution in [0.5, 0.6) is 0 Å². The molecule has 0 unspecified atom stereocenters. The fourth-order valence-corrected chi connectivity index (χ4v) is 4.79. The van der Waals surface area contributed by atoms with Crippen LogP contribution in [0.2, 0.25) is 0 Å². The number of nitrogens with one attached hydrogen (secondary N) is 1. The minimum atomic E-state index is -0.203. The number of hydrogen-bond donors (Lipinski definition) is 1. The molecule has 34 heavy (non-hydrogen) atoms. The van der Waals surface area contributed by atoms with Crippen LogP contribution < -0.4 is 10.2 Å². The van der Waals surface area contributed by atoms with E-state index < -0.39 is 0 Å². The van der Waals surface area contributed by atoms with Gasteiger partial charge >= 0.3 is 0 Å². The number of carbonyl (C=O) groups is 2. The Morgan fingerprint density at radius 3 is 2.41 bits per heavy atom. The molecular weight excluding hydrogens is 426 g/mol. The highest BCUT2D eigenvalue weighted by molar-refractivity contribution is 5.93. The SMILES string of the molecule is CC[C@H](C(=O)N(CCOC)Cc1cc(NC(=O)C2CCCC2)ccc1N(C)C)c1ccccc1. The maximum Gasteiger partial charge on any atom is 0.230 e. The molecule has 0 heterocycles. The zero-order chi connectivity index (χ0) is 24.5. The van der Waals surface area contributed by atoms with Crippen molar-refractivity contribution in [2.75, 3.05) is 44.6 Å². The van der Waals surface area contributed by atoms with E-state index in [-0.39, 0.29) is 23.7 Å². The van der Waals surface area contributed by atoms with Gasteiger partial charge in [-0.2, -0.15) is 0 Å². The Kier molecular flexibility index (Phi) is 9.52. The largest absolute Gasteiger partial charge is 0.383 e. The van der Waals surface area contributed by atoms with E-state index in [4.69, 9.17) is 4.74 Å². The summed E-state index contributed by atoms with van der Waals surface area (Å²) in [6.45, 7) is 3.47. The average molecular weight is 466 g/mol. The molecule has 1 N–H and O–H groups in total. The first-order chi connectivity index (χ1) is 16.4. The normalized spacial score (nSPS) is 14.6. The van der Waals surface area contributed by atoms with E-state index in [0.29, 0.717) is 19.7 Å². The van der Waals surface area contributed by atoms with Gasteiger partial charge in [-0.15, -0.1) is 0 Å². The maximum atomic E-state index is 13.7. The van der Waals surface area contributed by atoms with E-state index in [0.717, 1.165) is 54.6 Å². The van der Waals surface area contributed by atoms with Crippen LogP contribution in [0.3, 0.4) is 0 Å². The van der Waals surface area contributed by atoms with Gasteiger partial charge in [-0.25, -0.2) is 0 Å². The highest BCUT2D eigenvalue weighted by atomic mass is 16.5. The first-order valence-electron chi connectivity index (χ1n) is 12.4. The Balaban J connectivity index is 1.86. The van der Waals surface area contributed by atoms with E-state index in [1.54, 1.807) is 7.11 Å². The highest BCUT2D eigenvalue weighted by Crippen LogP contribution is 2.29. The molecule has 1 aliphatic carbocycles. The topological polar surface area (TPSA) is 61.9 Å². The summed E-state index contributed by atoms with van der Waals surface area (Å²) >= 11 is 0. The number of hydrogen-bond acceptors (Lipinski definition) is 4. The van der Waals surface area contributed by atoms with Crippen molar-refractivity contribution in [3.63, 3.8) is 0 Å². The number of ether oxygens (including phenoxy) is 1. The summed E-state index contributed by atoms with van der Waals surface area (Å²) in [6.07, 6.45) is 4.90. The van der Waals surface area contributed by atoms with Gasteiger partial charge in [-0.3, -0.25) is 9.59 Å². The van der Waals surface area contributed by atoms with Gasteiger partial charge in [0.2, 0.25) is 11.8 Å². The molecule has 6 heteroatoms. The summed E-state index contributed by atoms with van der Waals surface area (Å²) in [5.74, 6) is 0.0957. The van der Waals surface area contributed by atoms with Gasteiger partial charge in [0.05, 0.1) is 12.5 Å². The zero-order valence-corrected chi connectivity index (χ0v) is 21.0. The molecule has 1 saturated carbocycles. The third-order valence-corrected chi connectivity index (χ3v) is 6.70. The molecule has 1 atom stereocenters. The molecule has 0 bridgehead atoms. The lowest BCUT2D eigenvalue weighted by Crippen LogP contribution is -2.37. The minimum Gasteiger partial charge on any atom is -0.383 e. The number of amides is 2. The fraction of sp³-hybridized carbons (Fsp3) is 0.500. The number of rotatable bonds is 11. The molecule has 0 saturated heterocycles. The van der Waals surface area contributed by atoms with Crippen LogP contribution >= 0.6 is 0 Å². The lowest BCUT2D eigenvalue weighted by molar-refractivity contribution is -0.134. The number of anilines is 2. The van der Waals surface area contributed by atoms with Gasteiger partial charge in [-0.1, -0.05) is 50.1 Å². The summed E-state index contributed by atoms with van der Waals surface area (Å²) in [4.78, 5) is 30.3. The molecule has 0 aromatic heterocycles. The highest BCUT2D eigenvalue weighted by Gasteiger charge is 2.26. The van der Waals surface area contributed by atoms with Crippen LogP contribution in [-0.4, -0.2) is 51.1 Å². The quantitative estimate of drug-likeness (QED) is 0.504. The molecule has 1 fully saturated rings. The molecule has 2 aromatic rings. The summed E-state index contributed by atoms with van der Waals surface area (Å²) in [6, 6.07) is 15.9. The van der Waals surface area contributed by atoms with Crippen molar-refractivity contribution in [3.8, 4) is 0 Å². The Labute approximate surface area is 204 Å². The summed E-state index contributed by atoms with van der Waals surface area (Å²) in [5, 5.41) is 3.11. The monoisotopic (exact) mass is 465 g/mol. The van der Waals surface area contributed by atoms with Crippen LogP contribution in [0.4, 0.5) is 11.4 Å². The molecule has 1 aliphatic rings. The fourth-order valence-electron chi connectivity index (χ4n) is 4.79. The molecule has 0 radical (unpaired) electrons. The van der Waals surface area contributed by atoms with Crippen molar-refractivity contribution in [1.82, 2.24) is 4.90 Å². The number of carbonyl (C=O) groups excluding carboxylic acids is 2. The minimum absolute atomic E-state index is 0.0934. The van der Waals surface area contributed by atoms with Crippen molar-refractivity contribution in [2.45, 2.75) is 51.5 Å². The zero-order valence-electron chi connectivity index (χ0n) is 21.0. The Morgan fingerprint density at radius 2 is 1.79 bits per heavy atom. The van der Waals surface area contributed by atoms with Gasteiger partial charge in [0.25, 0.3) is 0 Å². The first kappa shape index (κ1) is 25.8. The molecule has 2 amide bonds. The van der Waals surface area contributed by atoms with Crippen molar-refractivity contribution < 1.29 is 14.3 Å². The van der Waals surface area contributed by atoms with Gasteiger partial charge in [0.15, 0.2) is 0 Å². The van der Waals surface area contributed by atoms with Crippen molar-refractivity contribution in [2.24, 2.45) is 5.92 Å². The van der Waals surface area contributed by atoms with Crippen molar-refractivity contribution >= 4 is 23.2 Å². The van der Waals surface area contributed by atoms with E-state index in [1.807, 2.05) is 72.4 Å². The van der Waals surface area contributed by atoms with Crippen LogP contribution in [-0.2, 0) is 20.9 Å². The third-order valence-electron chi connectivity index (χ3n) is 6.70. The van der Waals surface area contributed by atoms with Gasteiger partial charge in [-0.05, 0) is 48.6 Å². The second-order valence-corrected chi connectivity index (χ2v) is 9.33. The van der Waals surface area contributed by atoms with E-state index in [9.17, 15) is 9.59 Å². The molecule has 184 valence electrons. The number of benzene rings is 2. The second kappa shape index (κ2) is 12.6. The predicted molar refractivity (Wildman–Crippen MR) is 138 cm³/mol. The Morgan fingerprint density at radius 1 is 1.09 bits per heavy atom. The summed E-state index contributed by atoms with van der Waals surface area (Å²) < 4.78 is 5.33. The lowest BCUT2D eigenvalue weighted by Gasteiger charge is -2.29. The molecule has 3 rings (SSSR count).